The number of aromatic carboxylic acids is 1. The first-order chi connectivity index (χ1) is 19.9. The molecule has 210 valence electrons. The van der Waals surface area contributed by atoms with Gasteiger partial charge in [0.25, 0.3) is 0 Å². The van der Waals surface area contributed by atoms with Crippen molar-refractivity contribution in [1.82, 2.24) is 29.4 Å². The van der Waals surface area contributed by atoms with Crippen molar-refractivity contribution in [2.75, 3.05) is 13.1 Å². The number of oxazole rings is 1. The minimum Gasteiger partial charge on any atom is -0.478 e. The van der Waals surface area contributed by atoms with E-state index in [1.54, 1.807) is 48.9 Å². The van der Waals surface area contributed by atoms with Crippen LogP contribution in [-0.2, 0) is 19.7 Å². The Morgan fingerprint density at radius 2 is 1.90 bits per heavy atom. The highest BCUT2D eigenvalue weighted by molar-refractivity contribution is 6.30. The van der Waals surface area contributed by atoms with E-state index in [-0.39, 0.29) is 18.1 Å². The maximum Gasteiger partial charge on any atom is 0.335 e. The van der Waals surface area contributed by atoms with Crippen LogP contribution in [0, 0.1) is 5.82 Å². The molecule has 1 fully saturated rings. The molecule has 6 rings (SSSR count). The fourth-order valence-corrected chi connectivity index (χ4v) is 5.30. The summed E-state index contributed by atoms with van der Waals surface area (Å²) in [4.78, 5) is 31.9. The quantitative estimate of drug-likeness (QED) is 0.249. The molecule has 0 saturated carbocycles. The second kappa shape index (κ2) is 11.6. The normalized spacial score (nSPS) is 14.5. The molecule has 4 heterocycles. The molecule has 3 aromatic heterocycles. The summed E-state index contributed by atoms with van der Waals surface area (Å²) >= 11 is 5.86. The number of rotatable bonds is 9. The second-order valence-corrected chi connectivity index (χ2v) is 10.3. The lowest BCUT2D eigenvalue weighted by molar-refractivity contribution is 0.0697. The van der Waals surface area contributed by atoms with Crippen molar-refractivity contribution in [2.24, 2.45) is 0 Å². The number of carboxylic acids is 1. The number of carboxylic acid groups (broad SMARTS) is 1. The minimum absolute atomic E-state index is 0.0257. The van der Waals surface area contributed by atoms with E-state index >= 15 is 0 Å². The Labute approximate surface area is 239 Å². The van der Waals surface area contributed by atoms with Crippen LogP contribution in [0.2, 0.25) is 5.02 Å². The standard InChI is InChI=1S/C29H26ClFN6O4/c30-21-3-1-20(22(31)14-21)17-41-28-27(33-7-8-34-28)18-5-10-36(11-6-18)15-25-35-23-4-2-19(29(38)39)13-24(23)37(25)16-26-32-9-12-40-26/h1-4,7-9,12-14,18H,5-6,10-11,15-17H2,(H,38,39). The third kappa shape index (κ3) is 5.91. The van der Waals surface area contributed by atoms with Gasteiger partial charge in [-0.05, 0) is 56.3 Å². The zero-order valence-corrected chi connectivity index (χ0v) is 22.7. The first-order valence-electron chi connectivity index (χ1n) is 13.2. The average molecular weight is 577 g/mol. The number of aromatic nitrogens is 5. The number of fused-ring (bicyclic) bond motifs is 1. The Morgan fingerprint density at radius 1 is 1.07 bits per heavy atom. The van der Waals surface area contributed by atoms with E-state index < -0.39 is 11.8 Å². The summed E-state index contributed by atoms with van der Waals surface area (Å²) in [7, 11) is 0. The number of piperidine rings is 1. The van der Waals surface area contributed by atoms with Crippen LogP contribution < -0.4 is 4.74 Å². The van der Waals surface area contributed by atoms with Gasteiger partial charge in [-0.15, -0.1) is 0 Å². The van der Waals surface area contributed by atoms with Crippen LogP contribution in [-0.4, -0.2) is 53.6 Å². The summed E-state index contributed by atoms with van der Waals surface area (Å²) in [5.41, 5.74) is 2.78. The van der Waals surface area contributed by atoms with Crippen molar-refractivity contribution in [3.05, 3.63) is 101 Å². The fraction of sp³-hybridized carbons (Fsp3) is 0.276. The molecule has 0 aliphatic carbocycles. The first-order valence-corrected chi connectivity index (χ1v) is 13.5. The van der Waals surface area contributed by atoms with Crippen molar-refractivity contribution in [2.45, 2.75) is 38.5 Å². The molecule has 0 radical (unpaired) electrons. The van der Waals surface area contributed by atoms with E-state index in [4.69, 9.17) is 25.7 Å². The SMILES string of the molecule is O=C(O)c1ccc2nc(CN3CCC(c4nccnc4OCc4ccc(Cl)cc4F)CC3)n(Cc3ncco3)c2c1. The summed E-state index contributed by atoms with van der Waals surface area (Å²) in [5.74, 6) is 0.428. The molecule has 1 aliphatic heterocycles. The van der Waals surface area contributed by atoms with Crippen LogP contribution in [0.25, 0.3) is 11.0 Å². The van der Waals surface area contributed by atoms with Crippen LogP contribution in [0.1, 0.15) is 52.1 Å². The van der Waals surface area contributed by atoms with Gasteiger partial charge in [0.2, 0.25) is 11.8 Å². The number of halogens is 2. The summed E-state index contributed by atoms with van der Waals surface area (Å²) in [6, 6.07) is 9.41. The molecule has 41 heavy (non-hydrogen) atoms. The predicted molar refractivity (Wildman–Crippen MR) is 147 cm³/mol. The third-order valence-corrected chi connectivity index (χ3v) is 7.50. The van der Waals surface area contributed by atoms with Crippen molar-refractivity contribution in [3.63, 3.8) is 0 Å². The Balaban J connectivity index is 1.16. The smallest absolute Gasteiger partial charge is 0.335 e. The van der Waals surface area contributed by atoms with Crippen molar-refractivity contribution in [3.8, 4) is 5.88 Å². The zero-order valence-electron chi connectivity index (χ0n) is 21.9. The number of hydrogen-bond acceptors (Lipinski definition) is 8. The van der Waals surface area contributed by atoms with Gasteiger partial charge >= 0.3 is 5.97 Å². The van der Waals surface area contributed by atoms with Crippen LogP contribution in [0.5, 0.6) is 5.88 Å². The van der Waals surface area contributed by atoms with Gasteiger partial charge in [-0.3, -0.25) is 9.88 Å². The number of hydrogen-bond donors (Lipinski definition) is 1. The van der Waals surface area contributed by atoms with E-state index in [1.807, 2.05) is 4.57 Å². The fourth-order valence-electron chi connectivity index (χ4n) is 5.15. The maximum absolute atomic E-state index is 14.2. The number of carbonyl (C=O) groups is 1. The van der Waals surface area contributed by atoms with Gasteiger partial charge in [-0.1, -0.05) is 17.7 Å². The highest BCUT2D eigenvalue weighted by atomic mass is 35.5. The molecule has 10 nitrogen and oxygen atoms in total. The monoisotopic (exact) mass is 576 g/mol. The highest BCUT2D eigenvalue weighted by Gasteiger charge is 2.27. The van der Waals surface area contributed by atoms with Gasteiger partial charge in [0.05, 0.1) is 29.3 Å². The molecular formula is C29H26ClFN6O4. The largest absolute Gasteiger partial charge is 0.478 e. The molecule has 0 bridgehead atoms. The van der Waals surface area contributed by atoms with E-state index in [2.05, 4.69) is 19.9 Å². The molecule has 5 aromatic rings. The summed E-state index contributed by atoms with van der Waals surface area (Å²) < 4.78 is 27.6. The van der Waals surface area contributed by atoms with Gasteiger partial charge in [0, 0.05) is 28.9 Å². The minimum atomic E-state index is -0.995. The van der Waals surface area contributed by atoms with E-state index in [0.29, 0.717) is 46.5 Å². The van der Waals surface area contributed by atoms with Crippen LogP contribution in [0.3, 0.4) is 0 Å². The molecule has 1 N–H and O–H groups in total. The third-order valence-electron chi connectivity index (χ3n) is 7.26. The molecule has 0 amide bonds. The van der Waals surface area contributed by atoms with Gasteiger partial charge in [-0.2, -0.15) is 0 Å². The number of imidazole rings is 1. The number of nitrogens with zero attached hydrogens (tertiary/aromatic N) is 6. The molecule has 12 heteroatoms. The van der Waals surface area contributed by atoms with Crippen molar-refractivity contribution in [1.29, 1.82) is 0 Å². The first kappa shape index (κ1) is 26.9. The predicted octanol–water partition coefficient (Wildman–Crippen LogP) is 5.31. The highest BCUT2D eigenvalue weighted by Crippen LogP contribution is 2.33. The molecule has 1 aliphatic rings. The zero-order chi connectivity index (χ0) is 28.3. The summed E-state index contributed by atoms with van der Waals surface area (Å²) in [6.07, 6.45) is 7.96. The summed E-state index contributed by atoms with van der Waals surface area (Å²) in [6.45, 7) is 2.51. The molecular weight excluding hydrogens is 551 g/mol. The topological polar surface area (TPSA) is 119 Å². The maximum atomic E-state index is 14.2. The number of benzene rings is 2. The number of ether oxygens (including phenoxy) is 1. The second-order valence-electron chi connectivity index (χ2n) is 9.87. The lowest BCUT2D eigenvalue weighted by Gasteiger charge is -2.31. The van der Waals surface area contributed by atoms with Gasteiger partial charge in [0.1, 0.15) is 36.8 Å². The van der Waals surface area contributed by atoms with E-state index in [9.17, 15) is 14.3 Å². The Kier molecular flexibility index (Phi) is 7.62. The van der Waals surface area contributed by atoms with Crippen LogP contribution in [0.15, 0.2) is 65.7 Å². The van der Waals surface area contributed by atoms with Gasteiger partial charge in [-0.25, -0.2) is 24.1 Å². The average Bonchev–Trinajstić information content (AvgIpc) is 3.61. The molecule has 2 aromatic carbocycles. The lowest BCUT2D eigenvalue weighted by Crippen LogP contribution is -2.33. The molecule has 1 saturated heterocycles. The van der Waals surface area contributed by atoms with Gasteiger partial charge < -0.3 is 18.8 Å². The van der Waals surface area contributed by atoms with E-state index in [1.165, 1.54) is 12.3 Å². The number of likely N-dealkylation sites (tertiary alicyclic amines) is 1. The van der Waals surface area contributed by atoms with Crippen LogP contribution >= 0.6 is 11.6 Å². The van der Waals surface area contributed by atoms with Gasteiger partial charge in [0.15, 0.2) is 0 Å². The van der Waals surface area contributed by atoms with Crippen LogP contribution in [0.4, 0.5) is 4.39 Å². The van der Waals surface area contributed by atoms with E-state index in [0.717, 1.165) is 37.4 Å². The molecule has 0 unspecified atom stereocenters. The lowest BCUT2D eigenvalue weighted by atomic mass is 9.93. The summed E-state index contributed by atoms with van der Waals surface area (Å²) in [5, 5.41) is 9.83. The molecule has 0 atom stereocenters. The Bertz CT molecular complexity index is 1680. The van der Waals surface area contributed by atoms with Crippen molar-refractivity contribution < 1.29 is 23.4 Å². The van der Waals surface area contributed by atoms with Crippen molar-refractivity contribution >= 4 is 28.6 Å². The Morgan fingerprint density at radius 3 is 2.66 bits per heavy atom. The Hall–Kier alpha value is -4.35. The molecule has 0 spiro atoms.